The number of alkyl halides is 3. The average Bonchev–Trinajstić information content (AvgIpc) is 2.77. The van der Waals surface area contributed by atoms with E-state index in [2.05, 4.69) is 25.3 Å². The van der Waals surface area contributed by atoms with Gasteiger partial charge in [-0.25, -0.2) is 4.98 Å². The fraction of sp³-hybridized carbons (Fsp3) is 0.440. The number of anilines is 2. The van der Waals surface area contributed by atoms with Gasteiger partial charge in [-0.3, -0.25) is 0 Å². The summed E-state index contributed by atoms with van der Waals surface area (Å²) in [4.78, 5) is 9.15. The highest BCUT2D eigenvalue weighted by atomic mass is 35.5. The molecule has 0 spiro atoms. The molecule has 0 bridgehead atoms. The second-order valence-corrected chi connectivity index (χ2v) is 8.98. The van der Waals surface area contributed by atoms with Crippen LogP contribution in [-0.4, -0.2) is 28.9 Å². The molecule has 2 aromatic carbocycles. The number of para-hydroxylation sites is 1. The number of hydrogen-bond acceptors (Lipinski definition) is 6. The molecule has 1 aliphatic rings. The fourth-order valence-electron chi connectivity index (χ4n) is 4.57. The second kappa shape index (κ2) is 12.7. The first-order valence-corrected chi connectivity index (χ1v) is 11.5. The number of aromatic nitrogens is 2. The number of halogens is 5. The van der Waals surface area contributed by atoms with Crippen molar-refractivity contribution in [2.45, 2.75) is 58.5 Å². The molecular weight excluding hydrogens is 514 g/mol. The third kappa shape index (κ3) is 7.51. The van der Waals surface area contributed by atoms with E-state index in [9.17, 15) is 13.2 Å². The first kappa shape index (κ1) is 29.7. The summed E-state index contributed by atoms with van der Waals surface area (Å²) in [6.07, 6.45) is -0.749. The summed E-state index contributed by atoms with van der Waals surface area (Å²) in [5.74, 6) is 1.34. The molecule has 198 valence electrons. The van der Waals surface area contributed by atoms with Crippen molar-refractivity contribution in [3.63, 3.8) is 0 Å². The van der Waals surface area contributed by atoms with Crippen molar-refractivity contribution in [1.29, 1.82) is 0 Å². The van der Waals surface area contributed by atoms with E-state index in [4.69, 9.17) is 5.73 Å². The predicted octanol–water partition coefficient (Wildman–Crippen LogP) is 6.33. The minimum atomic E-state index is -4.70. The van der Waals surface area contributed by atoms with Gasteiger partial charge in [-0.1, -0.05) is 24.3 Å². The van der Waals surface area contributed by atoms with Gasteiger partial charge in [-0.2, -0.15) is 4.98 Å². The van der Waals surface area contributed by atoms with Crippen LogP contribution >= 0.6 is 24.8 Å². The summed E-state index contributed by atoms with van der Waals surface area (Å²) in [5, 5.41) is 7.63. The lowest BCUT2D eigenvalue weighted by atomic mass is 9.86. The highest BCUT2D eigenvalue weighted by Gasteiger charge is 2.32. The van der Waals surface area contributed by atoms with E-state index < -0.39 is 6.36 Å². The topological polar surface area (TPSA) is 85.1 Å². The normalized spacial score (nSPS) is 17.7. The Morgan fingerprint density at radius 3 is 2.39 bits per heavy atom. The number of nitrogens with one attached hydrogen (secondary N) is 2. The van der Waals surface area contributed by atoms with Gasteiger partial charge >= 0.3 is 6.36 Å². The second-order valence-electron chi connectivity index (χ2n) is 8.98. The summed E-state index contributed by atoms with van der Waals surface area (Å²) < 4.78 is 41.9. The van der Waals surface area contributed by atoms with Crippen LogP contribution in [0.3, 0.4) is 0 Å². The third-order valence-corrected chi connectivity index (χ3v) is 6.55. The van der Waals surface area contributed by atoms with Crippen LogP contribution in [0.25, 0.3) is 10.9 Å². The number of nitrogens with two attached hydrogens (primary N) is 1. The number of hydrogen-bond donors (Lipinski definition) is 3. The van der Waals surface area contributed by atoms with Crippen LogP contribution in [-0.2, 0) is 6.54 Å². The minimum Gasteiger partial charge on any atom is -0.405 e. The Hall–Kier alpha value is -2.49. The molecule has 1 fully saturated rings. The van der Waals surface area contributed by atoms with Crippen molar-refractivity contribution in [2.75, 3.05) is 17.6 Å². The molecule has 1 aliphatic carbocycles. The van der Waals surface area contributed by atoms with Crippen molar-refractivity contribution in [2.24, 2.45) is 5.92 Å². The molecule has 0 atom stereocenters. The first-order valence-electron chi connectivity index (χ1n) is 11.5. The van der Waals surface area contributed by atoms with Crippen LogP contribution in [0.5, 0.6) is 5.75 Å². The molecule has 4 N–H and O–H groups in total. The van der Waals surface area contributed by atoms with Gasteiger partial charge in [0.25, 0.3) is 0 Å². The number of ether oxygens (including phenoxy) is 1. The summed E-state index contributed by atoms with van der Waals surface area (Å²) in [6, 6.07) is 10.5. The Kier molecular flexibility index (Phi) is 10.5. The van der Waals surface area contributed by atoms with Crippen molar-refractivity contribution >= 4 is 47.5 Å². The smallest absolute Gasteiger partial charge is 0.405 e. The Bertz CT molecular complexity index is 1150. The van der Waals surface area contributed by atoms with Crippen LogP contribution in [0.1, 0.15) is 42.4 Å². The van der Waals surface area contributed by atoms with Gasteiger partial charge in [0.2, 0.25) is 5.95 Å². The molecule has 1 saturated carbocycles. The number of nitrogens with zero attached hydrogens (tertiary/aromatic N) is 2. The maximum absolute atomic E-state index is 12.6. The number of benzene rings is 2. The number of aryl methyl sites for hydroxylation is 2. The quantitative estimate of drug-likeness (QED) is 0.321. The van der Waals surface area contributed by atoms with E-state index >= 15 is 0 Å². The number of fused-ring (bicyclic) bond motifs is 1. The zero-order chi connectivity index (χ0) is 24.3. The van der Waals surface area contributed by atoms with E-state index in [0.29, 0.717) is 29.8 Å². The van der Waals surface area contributed by atoms with E-state index in [-0.39, 0.29) is 36.6 Å². The highest BCUT2D eigenvalue weighted by molar-refractivity contribution is 5.92. The minimum absolute atomic E-state index is 0. The molecule has 0 radical (unpaired) electrons. The van der Waals surface area contributed by atoms with Crippen molar-refractivity contribution < 1.29 is 17.9 Å². The van der Waals surface area contributed by atoms with E-state index in [1.807, 2.05) is 26.0 Å². The Morgan fingerprint density at radius 1 is 1.00 bits per heavy atom. The molecule has 1 aromatic heterocycles. The maximum Gasteiger partial charge on any atom is 0.573 e. The van der Waals surface area contributed by atoms with Crippen LogP contribution in [0.2, 0.25) is 0 Å². The Labute approximate surface area is 221 Å². The lowest BCUT2D eigenvalue weighted by Crippen LogP contribution is -2.31. The molecule has 1 heterocycles. The summed E-state index contributed by atoms with van der Waals surface area (Å²) in [7, 11) is 0. The SMILES string of the molecule is Cc1ccc2nc(NC3CCC(CNCc4ccccc4OC(F)(F)F)CC3)nc(N)c2c1C.Cl.Cl. The lowest BCUT2D eigenvalue weighted by Gasteiger charge is -2.29. The first-order chi connectivity index (χ1) is 16.2. The highest BCUT2D eigenvalue weighted by Crippen LogP contribution is 2.29. The molecule has 6 nitrogen and oxygen atoms in total. The fourth-order valence-corrected chi connectivity index (χ4v) is 4.57. The standard InChI is InChI=1S/C25H30F3N5O.2ClH/c1-15-7-12-20-22(16(15)2)23(29)33-24(32-20)31-19-10-8-17(9-11-19)13-30-14-18-5-3-4-6-21(18)34-25(26,27)28;;/h3-7,12,17,19,30H,8-11,13-14H2,1-2H3,(H3,29,31,32,33);2*1H. The monoisotopic (exact) mass is 545 g/mol. The van der Waals surface area contributed by atoms with Crippen LogP contribution < -0.4 is 21.1 Å². The van der Waals surface area contributed by atoms with E-state index in [0.717, 1.165) is 54.3 Å². The molecule has 3 aromatic rings. The van der Waals surface area contributed by atoms with Crippen LogP contribution in [0.4, 0.5) is 24.9 Å². The van der Waals surface area contributed by atoms with Gasteiger partial charge in [0.05, 0.1) is 5.52 Å². The maximum atomic E-state index is 12.6. The van der Waals surface area contributed by atoms with Gasteiger partial charge in [0.1, 0.15) is 11.6 Å². The van der Waals surface area contributed by atoms with Gasteiger partial charge in [-0.15, -0.1) is 38.0 Å². The Balaban J connectivity index is 0.00000228. The van der Waals surface area contributed by atoms with Gasteiger partial charge in [-0.05, 0) is 75.3 Å². The zero-order valence-electron chi connectivity index (χ0n) is 20.2. The molecule has 11 heteroatoms. The third-order valence-electron chi connectivity index (χ3n) is 6.55. The van der Waals surface area contributed by atoms with Gasteiger partial charge < -0.3 is 21.1 Å². The zero-order valence-corrected chi connectivity index (χ0v) is 21.8. The van der Waals surface area contributed by atoms with Gasteiger partial charge in [0.15, 0.2) is 0 Å². The predicted molar refractivity (Wildman–Crippen MR) is 142 cm³/mol. The van der Waals surface area contributed by atoms with Crippen LogP contribution in [0.15, 0.2) is 36.4 Å². The summed E-state index contributed by atoms with van der Waals surface area (Å²) in [6.45, 7) is 5.14. The molecule has 0 aliphatic heterocycles. The molecule has 0 saturated heterocycles. The van der Waals surface area contributed by atoms with E-state index in [1.165, 1.54) is 12.1 Å². The molecule has 4 rings (SSSR count). The molecule has 0 amide bonds. The summed E-state index contributed by atoms with van der Waals surface area (Å²) in [5.41, 5.74) is 9.82. The van der Waals surface area contributed by atoms with Crippen molar-refractivity contribution in [3.05, 3.63) is 53.1 Å². The average molecular weight is 546 g/mol. The van der Waals surface area contributed by atoms with E-state index in [1.54, 1.807) is 12.1 Å². The van der Waals surface area contributed by atoms with Crippen molar-refractivity contribution in [3.8, 4) is 5.75 Å². The lowest BCUT2D eigenvalue weighted by molar-refractivity contribution is -0.274. The number of rotatable bonds is 7. The van der Waals surface area contributed by atoms with Gasteiger partial charge in [0, 0.05) is 23.5 Å². The van der Waals surface area contributed by atoms with Crippen LogP contribution in [0, 0.1) is 19.8 Å². The van der Waals surface area contributed by atoms with Crippen molar-refractivity contribution in [1.82, 2.24) is 15.3 Å². The number of nitrogen functional groups attached to an aromatic ring is 1. The summed E-state index contributed by atoms with van der Waals surface area (Å²) >= 11 is 0. The molecule has 36 heavy (non-hydrogen) atoms. The molecule has 0 unspecified atom stereocenters. The largest absolute Gasteiger partial charge is 0.573 e. The molecular formula is C25H32Cl2F3N5O. The Morgan fingerprint density at radius 2 is 1.69 bits per heavy atom.